The highest BCUT2D eigenvalue weighted by Crippen LogP contribution is 2.19. The third-order valence-corrected chi connectivity index (χ3v) is 5.05. The fourth-order valence-corrected chi connectivity index (χ4v) is 3.59. The van der Waals surface area contributed by atoms with Crippen LogP contribution in [0.4, 0.5) is 0 Å². The molecule has 0 N–H and O–H groups in total. The summed E-state index contributed by atoms with van der Waals surface area (Å²) in [6.07, 6.45) is 12.0. The first-order valence-electron chi connectivity index (χ1n) is 8.17. The molecule has 0 fully saturated rings. The van der Waals surface area contributed by atoms with Crippen LogP contribution in [0.2, 0.25) is 0 Å². The molecule has 0 atom stereocenters. The summed E-state index contributed by atoms with van der Waals surface area (Å²) in [5.41, 5.74) is 2.10. The first kappa shape index (κ1) is 16.2. The Hall–Kier alpha value is -1.16. The SMILES string of the molecule is CCCCCCCCCCn1cnc2c(C)csc2c1=O. The smallest absolute Gasteiger partial charge is 0.271 e. The van der Waals surface area contributed by atoms with Gasteiger partial charge in [0.2, 0.25) is 0 Å². The molecule has 0 unspecified atom stereocenters. The normalized spacial score (nSPS) is 11.3. The zero-order valence-corrected chi connectivity index (χ0v) is 14.0. The molecule has 0 spiro atoms. The second kappa shape index (κ2) is 8.32. The zero-order valence-electron chi connectivity index (χ0n) is 13.2. The van der Waals surface area contributed by atoms with Crippen molar-refractivity contribution in [3.05, 3.63) is 27.6 Å². The molecule has 0 aliphatic heterocycles. The lowest BCUT2D eigenvalue weighted by molar-refractivity contribution is 0.536. The average molecular weight is 306 g/mol. The maximum atomic E-state index is 12.3. The standard InChI is InChI=1S/C17H26N2OS/c1-3-4-5-6-7-8-9-10-11-19-13-18-15-14(2)12-21-16(15)17(19)20/h12-13H,3-11H2,1-2H3. The molecule has 2 rings (SSSR count). The van der Waals surface area contributed by atoms with Crippen LogP contribution in [0.25, 0.3) is 10.2 Å². The summed E-state index contributed by atoms with van der Waals surface area (Å²) in [6.45, 7) is 5.06. The van der Waals surface area contributed by atoms with E-state index in [1.807, 2.05) is 12.3 Å². The molecule has 116 valence electrons. The Kier molecular flexibility index (Phi) is 6.43. The van der Waals surface area contributed by atoms with E-state index in [0.717, 1.165) is 28.7 Å². The minimum Gasteiger partial charge on any atom is -0.298 e. The minimum absolute atomic E-state index is 0.126. The first-order chi connectivity index (χ1) is 10.2. The van der Waals surface area contributed by atoms with Gasteiger partial charge in [-0.3, -0.25) is 9.36 Å². The Bertz CT molecular complexity index is 615. The predicted octanol–water partition coefficient (Wildman–Crippen LogP) is 4.91. The van der Waals surface area contributed by atoms with Crippen LogP contribution in [0.1, 0.15) is 63.9 Å². The highest BCUT2D eigenvalue weighted by atomic mass is 32.1. The lowest BCUT2D eigenvalue weighted by Gasteiger charge is -2.05. The summed E-state index contributed by atoms with van der Waals surface area (Å²) in [5, 5.41) is 2.01. The van der Waals surface area contributed by atoms with Crippen LogP contribution >= 0.6 is 11.3 Å². The van der Waals surface area contributed by atoms with Crippen LogP contribution in [0.5, 0.6) is 0 Å². The van der Waals surface area contributed by atoms with Crippen LogP contribution in [-0.4, -0.2) is 9.55 Å². The van der Waals surface area contributed by atoms with Crippen molar-refractivity contribution in [3.8, 4) is 0 Å². The molecule has 21 heavy (non-hydrogen) atoms. The number of aryl methyl sites for hydroxylation is 2. The van der Waals surface area contributed by atoms with Gasteiger partial charge in [-0.2, -0.15) is 0 Å². The fourth-order valence-electron chi connectivity index (χ4n) is 2.64. The maximum Gasteiger partial charge on any atom is 0.271 e. The van der Waals surface area contributed by atoms with Gasteiger partial charge >= 0.3 is 0 Å². The quantitative estimate of drug-likeness (QED) is 0.617. The van der Waals surface area contributed by atoms with Crippen molar-refractivity contribution in [2.45, 2.75) is 71.8 Å². The average Bonchev–Trinajstić information content (AvgIpc) is 2.86. The third-order valence-electron chi connectivity index (χ3n) is 3.98. The molecule has 0 aromatic carbocycles. The van der Waals surface area contributed by atoms with Crippen LogP contribution in [0.15, 0.2) is 16.5 Å². The van der Waals surface area contributed by atoms with Crippen molar-refractivity contribution in [3.63, 3.8) is 0 Å². The van der Waals surface area contributed by atoms with E-state index in [2.05, 4.69) is 11.9 Å². The van der Waals surface area contributed by atoms with Gasteiger partial charge in [-0.05, 0) is 24.3 Å². The van der Waals surface area contributed by atoms with Crippen LogP contribution in [0, 0.1) is 6.92 Å². The molecule has 0 aliphatic rings. The Morgan fingerprint density at radius 2 is 1.76 bits per heavy atom. The highest BCUT2D eigenvalue weighted by molar-refractivity contribution is 7.17. The van der Waals surface area contributed by atoms with E-state index in [-0.39, 0.29) is 5.56 Å². The van der Waals surface area contributed by atoms with E-state index < -0.39 is 0 Å². The first-order valence-corrected chi connectivity index (χ1v) is 9.05. The molecule has 0 saturated heterocycles. The van der Waals surface area contributed by atoms with E-state index in [0.29, 0.717) is 0 Å². The topological polar surface area (TPSA) is 34.9 Å². The van der Waals surface area contributed by atoms with Crippen molar-refractivity contribution in [2.75, 3.05) is 0 Å². The molecule has 3 nitrogen and oxygen atoms in total. The number of unbranched alkanes of at least 4 members (excludes halogenated alkanes) is 7. The summed E-state index contributed by atoms with van der Waals surface area (Å²) in [7, 11) is 0. The predicted molar refractivity (Wildman–Crippen MR) is 91.2 cm³/mol. The number of hydrogen-bond donors (Lipinski definition) is 0. The van der Waals surface area contributed by atoms with E-state index in [1.165, 1.54) is 56.3 Å². The van der Waals surface area contributed by atoms with Gasteiger partial charge in [-0.25, -0.2) is 4.98 Å². The number of rotatable bonds is 9. The lowest BCUT2D eigenvalue weighted by atomic mass is 10.1. The largest absolute Gasteiger partial charge is 0.298 e. The zero-order chi connectivity index (χ0) is 15.1. The Morgan fingerprint density at radius 3 is 2.48 bits per heavy atom. The van der Waals surface area contributed by atoms with Gasteiger partial charge in [0.1, 0.15) is 4.70 Å². The van der Waals surface area contributed by atoms with E-state index in [9.17, 15) is 4.79 Å². The van der Waals surface area contributed by atoms with Gasteiger partial charge in [0.05, 0.1) is 11.8 Å². The number of hydrogen-bond acceptors (Lipinski definition) is 3. The second-order valence-corrected chi connectivity index (χ2v) is 6.69. The van der Waals surface area contributed by atoms with Crippen LogP contribution in [-0.2, 0) is 6.54 Å². The van der Waals surface area contributed by atoms with Crippen LogP contribution < -0.4 is 5.56 Å². The van der Waals surface area contributed by atoms with Gasteiger partial charge in [0, 0.05) is 6.54 Å². The highest BCUT2D eigenvalue weighted by Gasteiger charge is 2.07. The molecule has 2 aromatic heterocycles. The van der Waals surface area contributed by atoms with E-state index in [1.54, 1.807) is 10.9 Å². The van der Waals surface area contributed by atoms with Gasteiger partial charge in [-0.15, -0.1) is 11.3 Å². The van der Waals surface area contributed by atoms with Gasteiger partial charge in [-0.1, -0.05) is 51.9 Å². The fraction of sp³-hybridized carbons (Fsp3) is 0.647. The molecule has 0 bridgehead atoms. The van der Waals surface area contributed by atoms with E-state index >= 15 is 0 Å². The Balaban J connectivity index is 1.76. The maximum absolute atomic E-state index is 12.3. The lowest BCUT2D eigenvalue weighted by Crippen LogP contribution is -2.19. The van der Waals surface area contributed by atoms with Gasteiger partial charge in [0.25, 0.3) is 5.56 Å². The van der Waals surface area contributed by atoms with Crippen molar-refractivity contribution >= 4 is 21.6 Å². The molecule has 4 heteroatoms. The number of fused-ring (bicyclic) bond motifs is 1. The van der Waals surface area contributed by atoms with Crippen LogP contribution in [0.3, 0.4) is 0 Å². The summed E-state index contributed by atoms with van der Waals surface area (Å²) in [5.74, 6) is 0. The van der Waals surface area contributed by atoms with E-state index in [4.69, 9.17) is 0 Å². The Labute approximate surface area is 131 Å². The molecule has 2 heterocycles. The summed E-state index contributed by atoms with van der Waals surface area (Å²) in [4.78, 5) is 16.7. The van der Waals surface area contributed by atoms with Crippen molar-refractivity contribution in [1.82, 2.24) is 9.55 Å². The summed E-state index contributed by atoms with van der Waals surface area (Å²) in [6, 6.07) is 0. The summed E-state index contributed by atoms with van der Waals surface area (Å²) >= 11 is 1.51. The van der Waals surface area contributed by atoms with Crippen molar-refractivity contribution in [2.24, 2.45) is 0 Å². The monoisotopic (exact) mass is 306 g/mol. The molecule has 0 amide bonds. The second-order valence-electron chi connectivity index (χ2n) is 5.81. The number of aromatic nitrogens is 2. The third kappa shape index (κ3) is 4.40. The molecular weight excluding hydrogens is 280 g/mol. The van der Waals surface area contributed by atoms with Gasteiger partial charge in [0.15, 0.2) is 0 Å². The molecule has 2 aromatic rings. The minimum atomic E-state index is 0.126. The number of thiophene rings is 1. The summed E-state index contributed by atoms with van der Waals surface area (Å²) < 4.78 is 2.57. The van der Waals surface area contributed by atoms with Crippen molar-refractivity contribution < 1.29 is 0 Å². The molecule has 0 radical (unpaired) electrons. The Morgan fingerprint density at radius 1 is 1.10 bits per heavy atom. The van der Waals surface area contributed by atoms with Crippen molar-refractivity contribution in [1.29, 1.82) is 0 Å². The molecule has 0 saturated carbocycles. The van der Waals surface area contributed by atoms with Gasteiger partial charge < -0.3 is 0 Å². The molecule has 0 aliphatic carbocycles. The number of nitrogens with zero attached hydrogens (tertiary/aromatic N) is 2. The molecular formula is C17H26N2OS.